The van der Waals surface area contributed by atoms with E-state index in [1.165, 1.54) is 14.2 Å². The van der Waals surface area contributed by atoms with Gasteiger partial charge in [0.25, 0.3) is 0 Å². The smallest absolute Gasteiger partial charge is 0.0340 e. The van der Waals surface area contributed by atoms with E-state index in [4.69, 9.17) is 0 Å². The fraction of sp³-hybridized carbons (Fsp3) is 0.273. The molecule has 0 aliphatic rings. The predicted octanol–water partition coefficient (Wildman–Crippen LogP) is 4.20. The van der Waals surface area contributed by atoms with Crippen molar-refractivity contribution >= 4 is 38.6 Å². The minimum Gasteiger partial charge on any atom is -0.296 e. The highest BCUT2D eigenvalue weighted by molar-refractivity contribution is 9.10. The number of rotatable bonds is 4. The minimum absolute atomic E-state index is 1.01. The number of nitrogens with zero attached hydrogens (tertiary/aromatic N) is 1. The van der Waals surface area contributed by atoms with E-state index in [-0.39, 0.29) is 0 Å². The van der Waals surface area contributed by atoms with Gasteiger partial charge in [-0.1, -0.05) is 6.07 Å². The van der Waals surface area contributed by atoms with Crippen molar-refractivity contribution in [2.45, 2.75) is 13.1 Å². The van der Waals surface area contributed by atoms with E-state index in [0.29, 0.717) is 0 Å². The molecule has 2 heterocycles. The maximum Gasteiger partial charge on any atom is 0.0340 e. The molecule has 80 valence electrons. The molecule has 0 aliphatic heterocycles. The van der Waals surface area contributed by atoms with Gasteiger partial charge in [0.05, 0.1) is 0 Å². The first-order chi connectivity index (χ1) is 7.25. The molecule has 2 rings (SSSR count). The van der Waals surface area contributed by atoms with Crippen LogP contribution in [0.15, 0.2) is 33.4 Å². The van der Waals surface area contributed by atoms with Crippen LogP contribution in [0.4, 0.5) is 0 Å². The van der Waals surface area contributed by atoms with Gasteiger partial charge in [-0.3, -0.25) is 4.90 Å². The quantitative estimate of drug-likeness (QED) is 0.818. The van der Waals surface area contributed by atoms with Crippen LogP contribution in [0.2, 0.25) is 0 Å². The largest absolute Gasteiger partial charge is 0.296 e. The topological polar surface area (TPSA) is 3.24 Å². The molecular formula is C11H12BrNS2. The third-order valence-corrected chi connectivity index (χ3v) is 4.88. The average Bonchev–Trinajstić information content (AvgIpc) is 2.79. The van der Waals surface area contributed by atoms with Crippen LogP contribution in [0.3, 0.4) is 0 Å². The molecule has 0 atom stereocenters. The molecule has 0 unspecified atom stereocenters. The van der Waals surface area contributed by atoms with E-state index in [1.54, 1.807) is 11.3 Å². The summed E-state index contributed by atoms with van der Waals surface area (Å²) >= 11 is 7.18. The summed E-state index contributed by atoms with van der Waals surface area (Å²) in [6.45, 7) is 2.04. The van der Waals surface area contributed by atoms with Crippen LogP contribution in [-0.2, 0) is 13.1 Å². The third kappa shape index (κ3) is 3.14. The van der Waals surface area contributed by atoms with E-state index in [0.717, 1.165) is 13.1 Å². The second kappa shape index (κ2) is 5.25. The molecular weight excluding hydrogens is 290 g/mol. The summed E-state index contributed by atoms with van der Waals surface area (Å²) in [5.41, 5.74) is 0. The SMILES string of the molecule is CN(Cc1cccs1)Cc1sccc1Br. The lowest BCUT2D eigenvalue weighted by molar-refractivity contribution is 0.324. The van der Waals surface area contributed by atoms with Gasteiger partial charge >= 0.3 is 0 Å². The zero-order valence-electron chi connectivity index (χ0n) is 8.44. The second-order valence-corrected chi connectivity index (χ2v) is 6.33. The fourth-order valence-corrected chi connectivity index (χ4v) is 3.75. The van der Waals surface area contributed by atoms with Crippen LogP contribution in [0.5, 0.6) is 0 Å². The van der Waals surface area contributed by atoms with Gasteiger partial charge in [-0.05, 0) is 45.9 Å². The summed E-state index contributed by atoms with van der Waals surface area (Å²) in [5.74, 6) is 0. The minimum atomic E-state index is 1.01. The Kier molecular flexibility index (Phi) is 3.97. The zero-order valence-corrected chi connectivity index (χ0v) is 11.7. The van der Waals surface area contributed by atoms with Crippen molar-refractivity contribution in [3.8, 4) is 0 Å². The van der Waals surface area contributed by atoms with E-state index in [1.807, 2.05) is 11.3 Å². The summed E-state index contributed by atoms with van der Waals surface area (Å²) < 4.78 is 1.23. The maximum absolute atomic E-state index is 3.56. The predicted molar refractivity (Wildman–Crippen MR) is 71.5 cm³/mol. The van der Waals surface area contributed by atoms with Gasteiger partial charge in [0.2, 0.25) is 0 Å². The second-order valence-electron chi connectivity index (χ2n) is 3.44. The van der Waals surface area contributed by atoms with Gasteiger partial charge in [-0.15, -0.1) is 22.7 Å². The monoisotopic (exact) mass is 301 g/mol. The Labute approximate surface area is 106 Å². The standard InChI is InChI=1S/C11H12BrNS2/c1-13(7-9-3-2-5-14-9)8-11-10(12)4-6-15-11/h2-6H,7-8H2,1H3. The lowest BCUT2D eigenvalue weighted by atomic mass is 10.4. The first-order valence-electron chi connectivity index (χ1n) is 4.68. The van der Waals surface area contributed by atoms with E-state index in [2.05, 4.69) is 56.8 Å². The first kappa shape index (κ1) is 11.3. The molecule has 1 nitrogen and oxygen atoms in total. The third-order valence-electron chi connectivity index (χ3n) is 2.11. The highest BCUT2D eigenvalue weighted by atomic mass is 79.9. The van der Waals surface area contributed by atoms with Gasteiger partial charge in [0.1, 0.15) is 0 Å². The molecule has 0 N–H and O–H groups in total. The van der Waals surface area contributed by atoms with Crippen LogP contribution in [0.25, 0.3) is 0 Å². The molecule has 0 fully saturated rings. The summed E-state index contributed by atoms with van der Waals surface area (Å²) in [4.78, 5) is 5.15. The molecule has 4 heteroatoms. The Morgan fingerprint density at radius 3 is 2.67 bits per heavy atom. The molecule has 0 saturated carbocycles. The van der Waals surface area contributed by atoms with Crippen molar-refractivity contribution in [1.82, 2.24) is 4.90 Å². The molecule has 0 aromatic carbocycles. The molecule has 0 radical (unpaired) electrons. The van der Waals surface area contributed by atoms with Gasteiger partial charge in [-0.25, -0.2) is 0 Å². The van der Waals surface area contributed by atoms with Crippen molar-refractivity contribution in [2.24, 2.45) is 0 Å². The summed E-state index contributed by atoms with van der Waals surface area (Å²) in [7, 11) is 2.16. The van der Waals surface area contributed by atoms with Crippen molar-refractivity contribution < 1.29 is 0 Å². The molecule has 2 aromatic heterocycles. The van der Waals surface area contributed by atoms with Gasteiger partial charge in [0, 0.05) is 27.3 Å². The molecule has 2 aromatic rings. The normalized spacial score (nSPS) is 11.1. The number of hydrogen-bond donors (Lipinski definition) is 0. The molecule has 0 bridgehead atoms. The van der Waals surface area contributed by atoms with Crippen molar-refractivity contribution in [2.75, 3.05) is 7.05 Å². The van der Waals surface area contributed by atoms with Crippen molar-refractivity contribution in [3.63, 3.8) is 0 Å². The maximum atomic E-state index is 3.56. The summed E-state index contributed by atoms with van der Waals surface area (Å²) in [6, 6.07) is 6.40. The lowest BCUT2D eigenvalue weighted by Crippen LogP contribution is -2.15. The molecule has 0 spiro atoms. The van der Waals surface area contributed by atoms with Crippen molar-refractivity contribution in [1.29, 1.82) is 0 Å². The van der Waals surface area contributed by atoms with Crippen LogP contribution in [0, 0.1) is 0 Å². The Balaban J connectivity index is 1.93. The highest BCUT2D eigenvalue weighted by Gasteiger charge is 2.06. The van der Waals surface area contributed by atoms with Gasteiger partial charge in [0.15, 0.2) is 0 Å². The number of thiophene rings is 2. The average molecular weight is 302 g/mol. The van der Waals surface area contributed by atoms with Gasteiger partial charge < -0.3 is 0 Å². The highest BCUT2D eigenvalue weighted by Crippen LogP contribution is 2.24. The van der Waals surface area contributed by atoms with E-state index in [9.17, 15) is 0 Å². The molecule has 0 aliphatic carbocycles. The Morgan fingerprint density at radius 1 is 1.20 bits per heavy atom. The zero-order chi connectivity index (χ0) is 10.7. The number of halogens is 1. The van der Waals surface area contributed by atoms with Crippen LogP contribution in [0.1, 0.15) is 9.75 Å². The molecule has 0 amide bonds. The number of hydrogen-bond acceptors (Lipinski definition) is 3. The van der Waals surface area contributed by atoms with Gasteiger partial charge in [-0.2, -0.15) is 0 Å². The van der Waals surface area contributed by atoms with Crippen molar-refractivity contribution in [3.05, 3.63) is 43.2 Å². The fourth-order valence-electron chi connectivity index (χ4n) is 1.41. The van der Waals surface area contributed by atoms with Crippen LogP contribution in [-0.4, -0.2) is 11.9 Å². The lowest BCUT2D eigenvalue weighted by Gasteiger charge is -2.14. The Bertz CT molecular complexity index is 408. The molecule has 0 saturated heterocycles. The Hall–Kier alpha value is -0.160. The summed E-state index contributed by atoms with van der Waals surface area (Å²) in [6.07, 6.45) is 0. The van der Waals surface area contributed by atoms with Crippen LogP contribution < -0.4 is 0 Å². The first-order valence-corrected chi connectivity index (χ1v) is 7.24. The Morgan fingerprint density at radius 2 is 2.07 bits per heavy atom. The summed E-state index contributed by atoms with van der Waals surface area (Å²) in [5, 5.41) is 4.25. The van der Waals surface area contributed by atoms with E-state index >= 15 is 0 Å². The van der Waals surface area contributed by atoms with Crippen LogP contribution >= 0.6 is 38.6 Å². The molecule has 15 heavy (non-hydrogen) atoms. The van der Waals surface area contributed by atoms with E-state index < -0.39 is 0 Å².